The second kappa shape index (κ2) is 6.69. The first-order valence-corrected chi connectivity index (χ1v) is 9.13. The third kappa shape index (κ3) is 3.44. The minimum absolute atomic E-state index is 0.183. The van der Waals surface area contributed by atoms with Gasteiger partial charge in [0.05, 0.1) is 12.5 Å². The molecule has 1 saturated heterocycles. The standard InChI is InChI=1S/C14H23ClN2O3S/c1-11(2)17-9-14(6-13(17)7-15)21(18,19)16-5-4-12(8-16)10-20-3/h6,9,11-12H,4-5,7-8,10H2,1-3H3. The number of nitrogens with zero attached hydrogens (tertiary/aromatic N) is 2. The van der Waals surface area contributed by atoms with Crippen LogP contribution < -0.4 is 0 Å². The van der Waals surface area contributed by atoms with Crippen molar-refractivity contribution < 1.29 is 13.2 Å². The highest BCUT2D eigenvalue weighted by Gasteiger charge is 2.33. The zero-order chi connectivity index (χ0) is 15.6. The lowest BCUT2D eigenvalue weighted by Crippen LogP contribution is -2.29. The number of aromatic nitrogens is 1. The van der Waals surface area contributed by atoms with E-state index in [0.717, 1.165) is 12.1 Å². The van der Waals surface area contributed by atoms with E-state index in [-0.39, 0.29) is 12.0 Å². The summed E-state index contributed by atoms with van der Waals surface area (Å²) in [7, 11) is -1.79. The largest absolute Gasteiger partial charge is 0.384 e. The molecular formula is C14H23ClN2O3S. The Balaban J connectivity index is 2.24. The van der Waals surface area contributed by atoms with Crippen molar-refractivity contribution in [1.82, 2.24) is 8.87 Å². The monoisotopic (exact) mass is 334 g/mol. The Labute approximate surface area is 131 Å². The van der Waals surface area contributed by atoms with Crippen molar-refractivity contribution in [2.45, 2.75) is 37.1 Å². The molecule has 0 aliphatic carbocycles. The fourth-order valence-corrected chi connectivity index (χ4v) is 4.56. The Hall–Kier alpha value is -0.560. The number of ether oxygens (including phenoxy) is 1. The second-order valence-electron chi connectivity index (χ2n) is 5.77. The van der Waals surface area contributed by atoms with Crippen molar-refractivity contribution >= 4 is 21.6 Å². The lowest BCUT2D eigenvalue weighted by atomic mass is 10.1. The molecule has 0 amide bonds. The molecule has 1 aromatic rings. The molecule has 0 spiro atoms. The van der Waals surface area contributed by atoms with Crippen molar-refractivity contribution in [3.05, 3.63) is 18.0 Å². The van der Waals surface area contributed by atoms with Crippen LogP contribution in [0.5, 0.6) is 0 Å². The highest BCUT2D eigenvalue weighted by atomic mass is 35.5. The first-order valence-electron chi connectivity index (χ1n) is 7.16. The zero-order valence-corrected chi connectivity index (χ0v) is 14.3. The maximum atomic E-state index is 12.7. The van der Waals surface area contributed by atoms with E-state index in [1.807, 2.05) is 18.4 Å². The highest BCUT2D eigenvalue weighted by Crippen LogP contribution is 2.27. The molecular weight excluding hydrogens is 312 g/mol. The first-order chi connectivity index (χ1) is 9.90. The van der Waals surface area contributed by atoms with Gasteiger partial charge >= 0.3 is 0 Å². The van der Waals surface area contributed by atoms with Gasteiger partial charge in [0.2, 0.25) is 10.0 Å². The average molecular weight is 335 g/mol. The van der Waals surface area contributed by atoms with E-state index in [4.69, 9.17) is 16.3 Å². The Bertz CT molecular complexity index is 583. The number of sulfonamides is 1. The van der Waals surface area contributed by atoms with Gasteiger partial charge in [-0.15, -0.1) is 11.6 Å². The molecule has 0 aromatic carbocycles. The van der Waals surface area contributed by atoms with Crippen LogP contribution in [-0.4, -0.2) is 44.1 Å². The third-order valence-corrected chi connectivity index (χ3v) is 5.99. The number of methoxy groups -OCH3 is 1. The van der Waals surface area contributed by atoms with Gasteiger partial charge in [-0.1, -0.05) is 0 Å². The molecule has 120 valence electrons. The van der Waals surface area contributed by atoms with E-state index >= 15 is 0 Å². The summed E-state index contributed by atoms with van der Waals surface area (Å²) in [6.07, 6.45) is 2.54. The van der Waals surface area contributed by atoms with Crippen molar-refractivity contribution in [3.63, 3.8) is 0 Å². The molecule has 0 N–H and O–H groups in total. The van der Waals surface area contributed by atoms with E-state index in [2.05, 4.69) is 0 Å². The molecule has 1 aromatic heterocycles. The Kier molecular flexibility index (Phi) is 5.35. The lowest BCUT2D eigenvalue weighted by molar-refractivity contribution is 0.157. The molecule has 7 heteroatoms. The summed E-state index contributed by atoms with van der Waals surface area (Å²) < 4.78 is 34.0. The number of rotatable bonds is 6. The maximum absolute atomic E-state index is 12.7. The molecule has 1 unspecified atom stereocenters. The normalized spacial score (nSPS) is 20.5. The van der Waals surface area contributed by atoms with Gasteiger partial charge in [-0.05, 0) is 32.3 Å². The first kappa shape index (κ1) is 16.8. The van der Waals surface area contributed by atoms with Gasteiger partial charge in [0.25, 0.3) is 0 Å². The highest BCUT2D eigenvalue weighted by molar-refractivity contribution is 7.89. The van der Waals surface area contributed by atoms with Gasteiger partial charge in [-0.2, -0.15) is 4.31 Å². The predicted octanol–water partition coefficient (Wildman–Crippen LogP) is 2.46. The molecule has 2 heterocycles. The van der Waals surface area contributed by atoms with E-state index in [1.165, 1.54) is 0 Å². The Morgan fingerprint density at radius 2 is 2.19 bits per heavy atom. The summed E-state index contributed by atoms with van der Waals surface area (Å²) in [6, 6.07) is 1.87. The van der Waals surface area contributed by atoms with Crippen molar-refractivity contribution in [1.29, 1.82) is 0 Å². The number of hydrogen-bond acceptors (Lipinski definition) is 3. The van der Waals surface area contributed by atoms with E-state index in [1.54, 1.807) is 23.7 Å². The van der Waals surface area contributed by atoms with Crippen LogP contribution in [0.2, 0.25) is 0 Å². The minimum atomic E-state index is -3.44. The average Bonchev–Trinajstić information content (AvgIpc) is 3.05. The molecule has 1 aliphatic rings. The van der Waals surface area contributed by atoms with Gasteiger partial charge in [0.1, 0.15) is 4.90 Å². The van der Waals surface area contributed by atoms with Crippen molar-refractivity contribution in [2.24, 2.45) is 5.92 Å². The fourth-order valence-electron chi connectivity index (χ4n) is 2.76. The van der Waals surface area contributed by atoms with Gasteiger partial charge in [-0.25, -0.2) is 8.42 Å². The molecule has 0 saturated carbocycles. The SMILES string of the molecule is COCC1CCN(S(=O)(=O)c2cc(CCl)n(C(C)C)c2)C1. The van der Waals surface area contributed by atoms with Crippen LogP contribution in [-0.2, 0) is 20.6 Å². The fraction of sp³-hybridized carbons (Fsp3) is 0.714. The number of alkyl halides is 1. The summed E-state index contributed by atoms with van der Waals surface area (Å²) in [4.78, 5) is 0.338. The quantitative estimate of drug-likeness (QED) is 0.751. The van der Waals surface area contributed by atoms with Crippen LogP contribution in [0, 0.1) is 5.92 Å². The van der Waals surface area contributed by atoms with E-state index in [0.29, 0.717) is 30.5 Å². The maximum Gasteiger partial charge on any atom is 0.244 e. The van der Waals surface area contributed by atoms with Crippen LogP contribution in [0.15, 0.2) is 17.2 Å². The summed E-state index contributed by atoms with van der Waals surface area (Å²) in [5, 5.41) is 0. The van der Waals surface area contributed by atoms with Gasteiger partial charge < -0.3 is 9.30 Å². The topological polar surface area (TPSA) is 51.5 Å². The molecule has 5 nitrogen and oxygen atoms in total. The van der Waals surface area contributed by atoms with Crippen LogP contribution in [0.1, 0.15) is 32.0 Å². The van der Waals surface area contributed by atoms with Gasteiger partial charge in [0, 0.05) is 38.1 Å². The number of halogens is 1. The molecule has 2 rings (SSSR count). The Morgan fingerprint density at radius 1 is 1.48 bits per heavy atom. The van der Waals surface area contributed by atoms with Crippen LogP contribution >= 0.6 is 11.6 Å². The molecule has 1 atom stereocenters. The summed E-state index contributed by atoms with van der Waals surface area (Å²) in [5.74, 6) is 0.587. The number of hydrogen-bond donors (Lipinski definition) is 0. The van der Waals surface area contributed by atoms with Crippen molar-refractivity contribution in [3.8, 4) is 0 Å². The molecule has 0 radical (unpaired) electrons. The molecule has 0 bridgehead atoms. The molecule has 1 aliphatic heterocycles. The lowest BCUT2D eigenvalue weighted by Gasteiger charge is -2.15. The zero-order valence-electron chi connectivity index (χ0n) is 12.8. The van der Waals surface area contributed by atoms with Crippen LogP contribution in [0.3, 0.4) is 0 Å². The predicted molar refractivity (Wildman–Crippen MR) is 83.1 cm³/mol. The second-order valence-corrected chi connectivity index (χ2v) is 7.98. The summed E-state index contributed by atoms with van der Waals surface area (Å²) >= 11 is 5.92. The Morgan fingerprint density at radius 3 is 2.71 bits per heavy atom. The molecule has 21 heavy (non-hydrogen) atoms. The molecule has 1 fully saturated rings. The van der Waals surface area contributed by atoms with Gasteiger partial charge in [-0.3, -0.25) is 0 Å². The van der Waals surface area contributed by atoms with Gasteiger partial charge in [0.15, 0.2) is 0 Å². The van der Waals surface area contributed by atoms with E-state index in [9.17, 15) is 8.42 Å². The smallest absolute Gasteiger partial charge is 0.244 e. The van der Waals surface area contributed by atoms with Crippen molar-refractivity contribution in [2.75, 3.05) is 26.8 Å². The third-order valence-electron chi connectivity index (χ3n) is 3.89. The van der Waals surface area contributed by atoms with Crippen LogP contribution in [0.4, 0.5) is 0 Å². The summed E-state index contributed by atoms with van der Waals surface area (Å²) in [5.41, 5.74) is 0.831. The summed E-state index contributed by atoms with van der Waals surface area (Å²) in [6.45, 7) is 5.71. The van der Waals surface area contributed by atoms with E-state index < -0.39 is 10.0 Å². The minimum Gasteiger partial charge on any atom is -0.384 e. The van der Waals surface area contributed by atoms with Crippen LogP contribution in [0.25, 0.3) is 0 Å².